The van der Waals surface area contributed by atoms with Gasteiger partial charge in [-0.2, -0.15) is 0 Å². The van der Waals surface area contributed by atoms with Gasteiger partial charge in [-0.25, -0.2) is 0 Å². The molecular formula is C14H15NO. The Bertz CT molecular complexity index is 465. The third-order valence-electron chi connectivity index (χ3n) is 2.41. The van der Waals surface area contributed by atoms with E-state index in [1.807, 2.05) is 42.5 Å². The molecule has 0 bridgehead atoms. The van der Waals surface area contributed by atoms with Gasteiger partial charge >= 0.3 is 0 Å². The summed E-state index contributed by atoms with van der Waals surface area (Å²) in [5.74, 6) is 0.856. The van der Waals surface area contributed by atoms with Gasteiger partial charge in [0.1, 0.15) is 5.75 Å². The van der Waals surface area contributed by atoms with E-state index in [2.05, 4.69) is 18.3 Å². The zero-order chi connectivity index (χ0) is 11.4. The standard InChI is InChI=1S/C14H15NO/c1-11-8-9-14(16-2)13(10-11)15-12-6-4-3-5-7-12/h3-10,15H,1-2H3. The molecule has 0 saturated carbocycles. The SMILES string of the molecule is COc1ccc(C)cc1Nc1ccccc1. The Kier molecular flexibility index (Phi) is 3.10. The maximum atomic E-state index is 5.31. The second-order valence-corrected chi connectivity index (χ2v) is 3.69. The zero-order valence-corrected chi connectivity index (χ0v) is 9.53. The summed E-state index contributed by atoms with van der Waals surface area (Å²) in [5, 5.41) is 3.34. The van der Waals surface area contributed by atoms with E-state index in [1.165, 1.54) is 5.56 Å². The highest BCUT2D eigenvalue weighted by atomic mass is 16.5. The number of anilines is 2. The van der Waals surface area contributed by atoms with Gasteiger partial charge in [0.05, 0.1) is 12.8 Å². The van der Waals surface area contributed by atoms with Crippen molar-refractivity contribution < 1.29 is 4.74 Å². The van der Waals surface area contributed by atoms with Crippen LogP contribution in [-0.4, -0.2) is 7.11 Å². The lowest BCUT2D eigenvalue weighted by molar-refractivity contribution is 0.416. The van der Waals surface area contributed by atoms with Crippen molar-refractivity contribution in [2.75, 3.05) is 12.4 Å². The van der Waals surface area contributed by atoms with Gasteiger partial charge in [0.2, 0.25) is 0 Å². The van der Waals surface area contributed by atoms with Gasteiger partial charge in [-0.05, 0) is 36.8 Å². The maximum absolute atomic E-state index is 5.31. The highest BCUT2D eigenvalue weighted by Crippen LogP contribution is 2.28. The first-order chi connectivity index (χ1) is 7.79. The minimum absolute atomic E-state index is 0.856. The number of para-hydroxylation sites is 1. The summed E-state index contributed by atoms with van der Waals surface area (Å²) in [6.45, 7) is 2.07. The van der Waals surface area contributed by atoms with E-state index >= 15 is 0 Å². The molecule has 0 heterocycles. The second kappa shape index (κ2) is 4.71. The Hall–Kier alpha value is -1.96. The molecule has 2 nitrogen and oxygen atoms in total. The quantitative estimate of drug-likeness (QED) is 0.838. The molecule has 2 rings (SSSR count). The van der Waals surface area contributed by atoms with Crippen molar-refractivity contribution in [2.45, 2.75) is 6.92 Å². The zero-order valence-electron chi connectivity index (χ0n) is 9.53. The largest absolute Gasteiger partial charge is 0.495 e. The number of benzene rings is 2. The average Bonchev–Trinajstić information content (AvgIpc) is 2.31. The van der Waals surface area contributed by atoms with Crippen LogP contribution in [0.5, 0.6) is 5.75 Å². The lowest BCUT2D eigenvalue weighted by atomic mass is 10.2. The van der Waals surface area contributed by atoms with Crippen molar-refractivity contribution in [3.63, 3.8) is 0 Å². The molecule has 0 aliphatic rings. The van der Waals surface area contributed by atoms with Crippen molar-refractivity contribution in [1.82, 2.24) is 0 Å². The van der Waals surface area contributed by atoms with E-state index < -0.39 is 0 Å². The van der Waals surface area contributed by atoms with Crippen LogP contribution in [0.15, 0.2) is 48.5 Å². The minimum Gasteiger partial charge on any atom is -0.495 e. The molecule has 0 atom stereocenters. The first-order valence-electron chi connectivity index (χ1n) is 5.26. The molecule has 82 valence electrons. The molecule has 2 aromatic carbocycles. The van der Waals surface area contributed by atoms with Crippen LogP contribution in [-0.2, 0) is 0 Å². The summed E-state index contributed by atoms with van der Waals surface area (Å²) in [4.78, 5) is 0. The molecule has 2 heteroatoms. The highest BCUT2D eigenvalue weighted by Gasteiger charge is 2.02. The Morgan fingerprint density at radius 1 is 1.00 bits per heavy atom. The Balaban J connectivity index is 2.30. The molecule has 0 spiro atoms. The summed E-state index contributed by atoms with van der Waals surface area (Å²) in [6, 6.07) is 16.2. The molecular weight excluding hydrogens is 198 g/mol. The fraction of sp³-hybridized carbons (Fsp3) is 0.143. The topological polar surface area (TPSA) is 21.3 Å². The molecule has 0 aliphatic heterocycles. The van der Waals surface area contributed by atoms with E-state index in [9.17, 15) is 0 Å². The summed E-state index contributed by atoms with van der Waals surface area (Å²) in [5.41, 5.74) is 3.26. The predicted molar refractivity (Wildman–Crippen MR) is 67.5 cm³/mol. The Morgan fingerprint density at radius 3 is 2.44 bits per heavy atom. The molecule has 0 radical (unpaired) electrons. The second-order valence-electron chi connectivity index (χ2n) is 3.69. The van der Waals surface area contributed by atoms with Crippen molar-refractivity contribution >= 4 is 11.4 Å². The van der Waals surface area contributed by atoms with Crippen LogP contribution >= 0.6 is 0 Å². The summed E-state index contributed by atoms with van der Waals surface area (Å²) < 4.78 is 5.31. The first kappa shape index (κ1) is 10.6. The normalized spacial score (nSPS) is 9.88. The van der Waals surface area contributed by atoms with Crippen LogP contribution < -0.4 is 10.1 Å². The molecule has 16 heavy (non-hydrogen) atoms. The van der Waals surface area contributed by atoms with Crippen molar-refractivity contribution in [2.24, 2.45) is 0 Å². The Labute approximate surface area is 95.9 Å². The number of rotatable bonds is 3. The van der Waals surface area contributed by atoms with E-state index in [0.29, 0.717) is 0 Å². The molecule has 2 aromatic rings. The average molecular weight is 213 g/mol. The van der Waals surface area contributed by atoms with Crippen LogP contribution in [0.25, 0.3) is 0 Å². The van der Waals surface area contributed by atoms with E-state index in [1.54, 1.807) is 7.11 Å². The number of methoxy groups -OCH3 is 1. The summed E-state index contributed by atoms with van der Waals surface area (Å²) in [7, 11) is 1.68. The number of nitrogens with one attached hydrogen (secondary N) is 1. The number of ether oxygens (including phenoxy) is 1. The molecule has 0 saturated heterocycles. The van der Waals surface area contributed by atoms with Crippen molar-refractivity contribution in [1.29, 1.82) is 0 Å². The van der Waals surface area contributed by atoms with Gasteiger partial charge in [-0.3, -0.25) is 0 Å². The fourth-order valence-corrected chi connectivity index (χ4v) is 1.60. The van der Waals surface area contributed by atoms with E-state index in [4.69, 9.17) is 4.74 Å². The number of hydrogen-bond donors (Lipinski definition) is 1. The Morgan fingerprint density at radius 2 is 1.75 bits per heavy atom. The van der Waals surface area contributed by atoms with Crippen LogP contribution in [0.1, 0.15) is 5.56 Å². The van der Waals surface area contributed by atoms with Gasteiger partial charge in [0.25, 0.3) is 0 Å². The summed E-state index contributed by atoms with van der Waals surface area (Å²) in [6.07, 6.45) is 0. The van der Waals surface area contributed by atoms with Gasteiger partial charge in [0.15, 0.2) is 0 Å². The van der Waals surface area contributed by atoms with Crippen LogP contribution in [0.2, 0.25) is 0 Å². The third-order valence-corrected chi connectivity index (χ3v) is 2.41. The van der Waals surface area contributed by atoms with E-state index in [0.717, 1.165) is 17.1 Å². The number of aryl methyl sites for hydroxylation is 1. The van der Waals surface area contributed by atoms with Crippen LogP contribution in [0.4, 0.5) is 11.4 Å². The molecule has 0 aromatic heterocycles. The van der Waals surface area contributed by atoms with Crippen LogP contribution in [0, 0.1) is 6.92 Å². The van der Waals surface area contributed by atoms with E-state index in [-0.39, 0.29) is 0 Å². The fourth-order valence-electron chi connectivity index (χ4n) is 1.60. The maximum Gasteiger partial charge on any atom is 0.142 e. The third kappa shape index (κ3) is 2.34. The van der Waals surface area contributed by atoms with Gasteiger partial charge in [-0.15, -0.1) is 0 Å². The highest BCUT2D eigenvalue weighted by molar-refractivity contribution is 5.66. The van der Waals surface area contributed by atoms with Gasteiger partial charge in [0, 0.05) is 5.69 Å². The van der Waals surface area contributed by atoms with Crippen molar-refractivity contribution in [3.05, 3.63) is 54.1 Å². The molecule has 1 N–H and O–H groups in total. The predicted octanol–water partition coefficient (Wildman–Crippen LogP) is 3.75. The van der Waals surface area contributed by atoms with Crippen LogP contribution in [0.3, 0.4) is 0 Å². The number of hydrogen-bond acceptors (Lipinski definition) is 2. The monoisotopic (exact) mass is 213 g/mol. The molecule has 0 unspecified atom stereocenters. The van der Waals surface area contributed by atoms with Gasteiger partial charge < -0.3 is 10.1 Å². The minimum atomic E-state index is 0.856. The molecule has 0 amide bonds. The van der Waals surface area contributed by atoms with Crippen molar-refractivity contribution in [3.8, 4) is 5.75 Å². The summed E-state index contributed by atoms with van der Waals surface area (Å²) >= 11 is 0. The van der Waals surface area contributed by atoms with Gasteiger partial charge in [-0.1, -0.05) is 24.3 Å². The molecule has 0 aliphatic carbocycles. The smallest absolute Gasteiger partial charge is 0.142 e. The molecule has 0 fully saturated rings. The lowest BCUT2D eigenvalue weighted by Crippen LogP contribution is -1.94. The first-order valence-corrected chi connectivity index (χ1v) is 5.26. The lowest BCUT2D eigenvalue weighted by Gasteiger charge is -2.11.